The highest BCUT2D eigenvalue weighted by Crippen LogP contribution is 2.43. The van der Waals surface area contributed by atoms with Gasteiger partial charge in [0.15, 0.2) is 6.10 Å². The van der Waals surface area contributed by atoms with Crippen LogP contribution in [0.25, 0.3) is 10.9 Å². The van der Waals surface area contributed by atoms with E-state index in [1.807, 2.05) is 24.3 Å². The third-order valence-corrected chi connectivity index (χ3v) is 4.77. The number of aliphatic hydroxyl groups excluding tert-OH is 1. The molecule has 0 aliphatic carbocycles. The number of nitrogens with zero attached hydrogens (tertiary/aromatic N) is 2. The second-order valence-electron chi connectivity index (χ2n) is 7.12. The van der Waals surface area contributed by atoms with Gasteiger partial charge >= 0.3 is 0 Å². The Balaban J connectivity index is 1.85. The van der Waals surface area contributed by atoms with Crippen molar-refractivity contribution in [1.29, 1.82) is 5.26 Å². The zero-order valence-corrected chi connectivity index (χ0v) is 15.0. The van der Waals surface area contributed by atoms with Crippen LogP contribution in [0.1, 0.15) is 31.1 Å². The highest BCUT2D eigenvalue weighted by molar-refractivity contribution is 5.86. The molecule has 3 N–H and O–H groups in total. The molecule has 27 heavy (non-hydrogen) atoms. The minimum Gasteiger partial charge on any atom is -0.485 e. The number of hydrogen-bond donors (Lipinski definition) is 2. The van der Waals surface area contributed by atoms with Crippen molar-refractivity contribution in [3.8, 4) is 17.6 Å². The van der Waals surface area contributed by atoms with Gasteiger partial charge in [0.25, 0.3) is 0 Å². The second kappa shape index (κ2) is 6.15. The van der Waals surface area contributed by atoms with Crippen LogP contribution in [-0.4, -0.2) is 21.8 Å². The van der Waals surface area contributed by atoms with Crippen molar-refractivity contribution >= 4 is 16.7 Å². The minimum absolute atomic E-state index is 0.329. The number of anilines is 1. The molecular formula is C21H19N3O3. The zero-order chi connectivity index (χ0) is 19.2. The van der Waals surface area contributed by atoms with Gasteiger partial charge in [-0.05, 0) is 44.2 Å². The predicted octanol–water partition coefficient (Wildman–Crippen LogP) is 3.34. The zero-order valence-electron chi connectivity index (χ0n) is 15.0. The topological polar surface area (TPSA) is 101 Å². The Bertz CT molecular complexity index is 1070. The monoisotopic (exact) mass is 361 g/mol. The summed E-state index contributed by atoms with van der Waals surface area (Å²) in [4.78, 5) is 4.32. The van der Waals surface area contributed by atoms with Crippen LogP contribution in [0.4, 0.5) is 5.82 Å². The number of aromatic nitrogens is 1. The Labute approximate surface area is 156 Å². The summed E-state index contributed by atoms with van der Waals surface area (Å²) in [5.41, 5.74) is 6.88. The smallest absolute Gasteiger partial charge is 0.157 e. The van der Waals surface area contributed by atoms with Gasteiger partial charge in [-0.3, -0.25) is 0 Å². The molecule has 1 aromatic heterocycles. The number of pyridine rings is 1. The molecule has 0 radical (unpaired) electrons. The molecule has 0 amide bonds. The maximum absolute atomic E-state index is 10.9. The fraction of sp³-hybridized carbons (Fsp3) is 0.238. The normalized spacial score (nSPS) is 20.4. The molecule has 0 bridgehead atoms. The second-order valence-corrected chi connectivity index (χ2v) is 7.12. The number of para-hydroxylation sites is 1. The average molecular weight is 361 g/mol. The largest absolute Gasteiger partial charge is 0.485 e. The molecule has 0 saturated carbocycles. The summed E-state index contributed by atoms with van der Waals surface area (Å²) < 4.78 is 12.2. The molecule has 2 aromatic carbocycles. The van der Waals surface area contributed by atoms with E-state index in [0.717, 1.165) is 5.39 Å². The molecular weight excluding hydrogens is 342 g/mol. The summed E-state index contributed by atoms with van der Waals surface area (Å²) in [6, 6.07) is 16.4. The standard InChI is InChI=1S/C21H19N3O3/c1-21(2)20(25)19(14-9-12(11-22)7-8-16(14)27-21)26-17-10-18(23)24-15-6-4-3-5-13(15)17/h3-10,19-20,25H,1-2H3,(H2,23,24)/t19-,20+/m1/s1. The van der Waals surface area contributed by atoms with Gasteiger partial charge in [-0.25, -0.2) is 4.98 Å². The lowest BCUT2D eigenvalue weighted by Crippen LogP contribution is -2.50. The summed E-state index contributed by atoms with van der Waals surface area (Å²) in [6.45, 7) is 3.60. The number of nitrogen functional groups attached to an aromatic ring is 1. The van der Waals surface area contributed by atoms with Crippen molar-refractivity contribution in [2.45, 2.75) is 31.7 Å². The first-order valence-corrected chi connectivity index (χ1v) is 8.62. The van der Waals surface area contributed by atoms with Crippen LogP contribution in [0.3, 0.4) is 0 Å². The predicted molar refractivity (Wildman–Crippen MR) is 101 cm³/mol. The number of ether oxygens (including phenoxy) is 2. The van der Waals surface area contributed by atoms with Crippen LogP contribution in [0, 0.1) is 11.3 Å². The summed E-state index contributed by atoms with van der Waals surface area (Å²) in [7, 11) is 0. The van der Waals surface area contributed by atoms with E-state index < -0.39 is 17.8 Å². The van der Waals surface area contributed by atoms with Gasteiger partial charge in [0.2, 0.25) is 0 Å². The maximum Gasteiger partial charge on any atom is 0.157 e. The Hall–Kier alpha value is -3.30. The van der Waals surface area contributed by atoms with Crippen LogP contribution >= 0.6 is 0 Å². The Morgan fingerprint density at radius 2 is 2.00 bits per heavy atom. The number of nitriles is 1. The molecule has 0 unspecified atom stereocenters. The first kappa shape index (κ1) is 17.1. The van der Waals surface area contributed by atoms with Crippen LogP contribution < -0.4 is 15.2 Å². The quantitative estimate of drug-likeness (QED) is 0.726. The molecule has 3 aromatic rings. The SMILES string of the molecule is CC1(C)Oc2ccc(C#N)cc2[C@@H](Oc2cc(N)nc3ccccc23)[C@@H]1O. The van der Waals surface area contributed by atoms with Gasteiger partial charge in [0.05, 0.1) is 17.1 Å². The summed E-state index contributed by atoms with van der Waals surface area (Å²) in [5, 5.41) is 21.0. The fourth-order valence-corrected chi connectivity index (χ4v) is 3.34. The highest BCUT2D eigenvalue weighted by Gasteiger charge is 2.44. The maximum atomic E-state index is 10.9. The molecule has 1 aliphatic rings. The molecule has 6 heteroatoms. The number of hydrogen-bond acceptors (Lipinski definition) is 6. The van der Waals surface area contributed by atoms with Gasteiger partial charge in [-0.1, -0.05) is 12.1 Å². The molecule has 0 fully saturated rings. The Morgan fingerprint density at radius 3 is 2.78 bits per heavy atom. The van der Waals surface area contributed by atoms with Crippen LogP contribution in [0.5, 0.6) is 11.5 Å². The van der Waals surface area contributed by atoms with Crippen molar-refractivity contribution < 1.29 is 14.6 Å². The number of fused-ring (bicyclic) bond motifs is 2. The molecule has 2 heterocycles. The average Bonchev–Trinajstić information content (AvgIpc) is 2.64. The lowest BCUT2D eigenvalue weighted by atomic mass is 9.87. The van der Waals surface area contributed by atoms with Gasteiger partial charge in [0.1, 0.15) is 29.0 Å². The molecule has 136 valence electrons. The fourth-order valence-electron chi connectivity index (χ4n) is 3.34. The summed E-state index contributed by atoms with van der Waals surface area (Å²) in [6.07, 6.45) is -1.67. The third-order valence-electron chi connectivity index (χ3n) is 4.77. The number of nitrogens with two attached hydrogens (primary N) is 1. The number of benzene rings is 2. The van der Waals surface area contributed by atoms with Crippen molar-refractivity contribution in [3.05, 3.63) is 59.7 Å². The van der Waals surface area contributed by atoms with Crippen molar-refractivity contribution in [1.82, 2.24) is 4.98 Å². The van der Waals surface area contributed by atoms with E-state index in [9.17, 15) is 10.4 Å². The van der Waals surface area contributed by atoms with Crippen molar-refractivity contribution in [2.75, 3.05) is 5.73 Å². The van der Waals surface area contributed by atoms with E-state index in [2.05, 4.69) is 11.1 Å². The lowest BCUT2D eigenvalue weighted by Gasteiger charge is -2.42. The van der Waals surface area contributed by atoms with E-state index >= 15 is 0 Å². The first-order valence-electron chi connectivity index (χ1n) is 8.62. The highest BCUT2D eigenvalue weighted by atomic mass is 16.5. The summed E-state index contributed by atoms with van der Waals surface area (Å²) >= 11 is 0. The molecule has 0 spiro atoms. The number of rotatable bonds is 2. The minimum atomic E-state index is -0.952. The van der Waals surface area contributed by atoms with Gasteiger partial charge in [-0.2, -0.15) is 5.26 Å². The van der Waals surface area contributed by atoms with Crippen LogP contribution in [-0.2, 0) is 0 Å². The van der Waals surface area contributed by atoms with E-state index in [1.165, 1.54) is 0 Å². The summed E-state index contributed by atoms with van der Waals surface area (Å²) in [5.74, 6) is 1.43. The van der Waals surface area contributed by atoms with E-state index in [0.29, 0.717) is 34.0 Å². The Kier molecular flexibility index (Phi) is 3.90. The van der Waals surface area contributed by atoms with Gasteiger partial charge < -0.3 is 20.3 Å². The molecule has 1 aliphatic heterocycles. The van der Waals surface area contributed by atoms with Crippen molar-refractivity contribution in [3.63, 3.8) is 0 Å². The van der Waals surface area contributed by atoms with Gasteiger partial charge in [0, 0.05) is 17.0 Å². The lowest BCUT2D eigenvalue weighted by molar-refractivity contribution is -0.102. The molecule has 6 nitrogen and oxygen atoms in total. The third kappa shape index (κ3) is 2.92. The van der Waals surface area contributed by atoms with Crippen LogP contribution in [0.2, 0.25) is 0 Å². The molecule has 0 saturated heterocycles. The first-order chi connectivity index (χ1) is 12.9. The number of aliphatic hydroxyl groups is 1. The van der Waals surface area contributed by atoms with E-state index in [1.54, 1.807) is 38.1 Å². The van der Waals surface area contributed by atoms with E-state index in [4.69, 9.17) is 15.2 Å². The van der Waals surface area contributed by atoms with Crippen LogP contribution in [0.15, 0.2) is 48.5 Å². The van der Waals surface area contributed by atoms with Gasteiger partial charge in [-0.15, -0.1) is 0 Å². The molecule has 4 rings (SSSR count). The molecule has 2 atom stereocenters. The van der Waals surface area contributed by atoms with Crippen molar-refractivity contribution in [2.24, 2.45) is 0 Å². The van der Waals surface area contributed by atoms with E-state index in [-0.39, 0.29) is 0 Å². The Morgan fingerprint density at radius 1 is 1.22 bits per heavy atom.